The molecule has 2 heterocycles. The molecule has 0 saturated heterocycles. The maximum absolute atomic E-state index is 12.4. The summed E-state index contributed by atoms with van der Waals surface area (Å²) in [5, 5.41) is 2.97. The van der Waals surface area contributed by atoms with Crippen molar-refractivity contribution in [1.29, 1.82) is 0 Å². The van der Waals surface area contributed by atoms with Crippen molar-refractivity contribution in [2.45, 2.75) is 32.9 Å². The highest BCUT2D eigenvalue weighted by molar-refractivity contribution is 6.24. The molecule has 2 aliphatic rings. The Morgan fingerprint density at radius 3 is 2.82 bits per heavy atom. The Labute approximate surface area is 130 Å². The van der Waals surface area contributed by atoms with Crippen LogP contribution in [0.5, 0.6) is 11.5 Å². The number of carbonyl (C=O) groups excluding carboxylic acids is 1. The lowest BCUT2D eigenvalue weighted by Crippen LogP contribution is -2.47. The molecule has 0 bridgehead atoms. The SMILES string of the molecule is CCC(CC)C1N=C2Oc3c(cccc3OC)C=C2C(=O)N1. The third kappa shape index (κ3) is 2.36. The molecule has 5 nitrogen and oxygen atoms in total. The van der Waals surface area contributed by atoms with Crippen molar-refractivity contribution >= 4 is 17.9 Å². The summed E-state index contributed by atoms with van der Waals surface area (Å²) in [7, 11) is 1.60. The molecule has 1 aromatic carbocycles. The molecule has 1 aromatic rings. The van der Waals surface area contributed by atoms with Crippen molar-refractivity contribution < 1.29 is 14.3 Å². The first-order valence-corrected chi connectivity index (χ1v) is 7.63. The summed E-state index contributed by atoms with van der Waals surface area (Å²) in [6, 6.07) is 5.59. The molecule has 0 radical (unpaired) electrons. The summed E-state index contributed by atoms with van der Waals surface area (Å²) in [6.45, 7) is 4.21. The van der Waals surface area contributed by atoms with E-state index in [1.165, 1.54) is 0 Å². The number of para-hydroxylation sites is 1. The number of carbonyl (C=O) groups is 1. The molecule has 1 atom stereocenters. The topological polar surface area (TPSA) is 59.9 Å². The van der Waals surface area contributed by atoms with Crippen LogP contribution in [-0.2, 0) is 4.79 Å². The number of fused-ring (bicyclic) bond motifs is 2. The van der Waals surface area contributed by atoms with Crippen LogP contribution in [0.3, 0.4) is 0 Å². The van der Waals surface area contributed by atoms with Crippen LogP contribution in [0.4, 0.5) is 0 Å². The van der Waals surface area contributed by atoms with Crippen LogP contribution in [0.2, 0.25) is 0 Å². The summed E-state index contributed by atoms with van der Waals surface area (Å²) >= 11 is 0. The van der Waals surface area contributed by atoms with Crippen LogP contribution in [-0.4, -0.2) is 25.1 Å². The zero-order valence-electron chi connectivity index (χ0n) is 13.1. The first kappa shape index (κ1) is 14.6. The van der Waals surface area contributed by atoms with Gasteiger partial charge < -0.3 is 14.8 Å². The predicted octanol–water partition coefficient (Wildman–Crippen LogP) is 2.76. The van der Waals surface area contributed by atoms with Gasteiger partial charge in [0.2, 0.25) is 5.90 Å². The smallest absolute Gasteiger partial charge is 0.258 e. The van der Waals surface area contributed by atoms with Crippen LogP contribution in [0.1, 0.15) is 32.3 Å². The zero-order chi connectivity index (χ0) is 15.7. The van der Waals surface area contributed by atoms with E-state index >= 15 is 0 Å². The van der Waals surface area contributed by atoms with E-state index in [0.29, 0.717) is 28.9 Å². The van der Waals surface area contributed by atoms with E-state index < -0.39 is 0 Å². The van der Waals surface area contributed by atoms with Gasteiger partial charge in [0, 0.05) is 5.56 Å². The minimum absolute atomic E-state index is 0.129. The highest BCUT2D eigenvalue weighted by Crippen LogP contribution is 2.37. The van der Waals surface area contributed by atoms with Gasteiger partial charge in [-0.05, 0) is 30.9 Å². The van der Waals surface area contributed by atoms with E-state index in [4.69, 9.17) is 9.47 Å². The van der Waals surface area contributed by atoms with E-state index in [9.17, 15) is 4.79 Å². The maximum atomic E-state index is 12.4. The molecule has 0 spiro atoms. The number of aliphatic imine (C=N–C) groups is 1. The highest BCUT2D eigenvalue weighted by Gasteiger charge is 2.34. The lowest BCUT2D eigenvalue weighted by atomic mass is 9.97. The number of hydrogen-bond donors (Lipinski definition) is 1. The normalized spacial score (nSPS) is 19.5. The third-order valence-corrected chi connectivity index (χ3v) is 4.23. The second-order valence-electron chi connectivity index (χ2n) is 5.47. The van der Waals surface area contributed by atoms with E-state index in [1.54, 1.807) is 13.2 Å². The number of methoxy groups -OCH3 is 1. The molecular weight excluding hydrogens is 280 g/mol. The molecule has 1 amide bonds. The molecule has 2 aliphatic heterocycles. The Bertz CT molecular complexity index is 660. The van der Waals surface area contributed by atoms with Crippen LogP contribution in [0.15, 0.2) is 28.8 Å². The minimum atomic E-state index is -0.231. The summed E-state index contributed by atoms with van der Waals surface area (Å²) < 4.78 is 11.2. The van der Waals surface area contributed by atoms with Gasteiger partial charge in [-0.3, -0.25) is 4.79 Å². The van der Waals surface area contributed by atoms with Crippen LogP contribution < -0.4 is 14.8 Å². The van der Waals surface area contributed by atoms with E-state index in [0.717, 1.165) is 18.4 Å². The van der Waals surface area contributed by atoms with E-state index in [1.807, 2.05) is 18.2 Å². The predicted molar refractivity (Wildman–Crippen MR) is 85.0 cm³/mol. The van der Waals surface area contributed by atoms with Gasteiger partial charge >= 0.3 is 0 Å². The quantitative estimate of drug-likeness (QED) is 0.930. The van der Waals surface area contributed by atoms with Crippen molar-refractivity contribution in [3.63, 3.8) is 0 Å². The van der Waals surface area contributed by atoms with E-state index in [2.05, 4.69) is 24.2 Å². The zero-order valence-corrected chi connectivity index (χ0v) is 13.1. The molecule has 3 rings (SSSR count). The number of rotatable bonds is 4. The first-order valence-electron chi connectivity index (χ1n) is 7.63. The molecule has 1 unspecified atom stereocenters. The van der Waals surface area contributed by atoms with Crippen molar-refractivity contribution in [2.75, 3.05) is 7.11 Å². The third-order valence-electron chi connectivity index (χ3n) is 4.23. The van der Waals surface area contributed by atoms with Crippen molar-refractivity contribution in [2.24, 2.45) is 10.9 Å². The summed E-state index contributed by atoms with van der Waals surface area (Å²) in [6.07, 6.45) is 3.48. The molecule has 0 aliphatic carbocycles. The molecule has 0 aromatic heterocycles. The van der Waals surface area contributed by atoms with Crippen molar-refractivity contribution in [1.82, 2.24) is 5.32 Å². The number of hydrogen-bond acceptors (Lipinski definition) is 4. The number of benzene rings is 1. The Balaban J connectivity index is 2.02. The van der Waals surface area contributed by atoms with Gasteiger partial charge in [-0.2, -0.15) is 0 Å². The number of ether oxygens (including phenoxy) is 2. The molecule has 1 N–H and O–H groups in total. The van der Waals surface area contributed by atoms with Crippen molar-refractivity contribution in [3.05, 3.63) is 29.3 Å². The van der Waals surface area contributed by atoms with Crippen molar-refractivity contribution in [3.8, 4) is 11.5 Å². The van der Waals surface area contributed by atoms with Gasteiger partial charge in [-0.1, -0.05) is 26.0 Å². The lowest BCUT2D eigenvalue weighted by Gasteiger charge is -2.30. The molecule has 116 valence electrons. The number of nitrogens with one attached hydrogen (secondary N) is 1. The monoisotopic (exact) mass is 300 g/mol. The molecule has 0 fully saturated rings. The van der Waals surface area contributed by atoms with Gasteiger partial charge in [0.15, 0.2) is 11.5 Å². The van der Waals surface area contributed by atoms with Gasteiger partial charge in [0.25, 0.3) is 5.91 Å². The molecule has 5 heteroatoms. The van der Waals surface area contributed by atoms with Gasteiger partial charge in [-0.25, -0.2) is 4.99 Å². The second-order valence-corrected chi connectivity index (χ2v) is 5.47. The number of nitrogens with zero attached hydrogens (tertiary/aromatic N) is 1. The maximum Gasteiger partial charge on any atom is 0.258 e. The fourth-order valence-electron chi connectivity index (χ4n) is 2.87. The fourth-order valence-corrected chi connectivity index (χ4v) is 2.87. The Morgan fingerprint density at radius 1 is 1.36 bits per heavy atom. The first-order chi connectivity index (χ1) is 10.7. The summed E-state index contributed by atoms with van der Waals surface area (Å²) in [4.78, 5) is 17.0. The van der Waals surface area contributed by atoms with Crippen LogP contribution in [0.25, 0.3) is 6.08 Å². The Morgan fingerprint density at radius 2 is 2.14 bits per heavy atom. The summed E-state index contributed by atoms with van der Waals surface area (Å²) in [5.41, 5.74) is 1.30. The van der Waals surface area contributed by atoms with E-state index in [-0.39, 0.29) is 12.1 Å². The molecular formula is C17H20N2O3. The average Bonchev–Trinajstić information content (AvgIpc) is 2.54. The Hall–Kier alpha value is -2.30. The van der Waals surface area contributed by atoms with Crippen LogP contribution >= 0.6 is 0 Å². The largest absolute Gasteiger partial charge is 0.493 e. The minimum Gasteiger partial charge on any atom is -0.493 e. The lowest BCUT2D eigenvalue weighted by molar-refractivity contribution is -0.118. The van der Waals surface area contributed by atoms with Gasteiger partial charge in [-0.15, -0.1) is 0 Å². The molecule has 22 heavy (non-hydrogen) atoms. The van der Waals surface area contributed by atoms with Gasteiger partial charge in [0.05, 0.1) is 7.11 Å². The average molecular weight is 300 g/mol. The molecule has 0 saturated carbocycles. The fraction of sp³-hybridized carbons (Fsp3) is 0.412. The Kier molecular flexibility index (Phi) is 3.88. The summed E-state index contributed by atoms with van der Waals surface area (Å²) in [5.74, 6) is 1.82. The van der Waals surface area contributed by atoms with Gasteiger partial charge in [0.1, 0.15) is 11.7 Å². The standard InChI is InChI=1S/C17H20N2O3/c1-4-10(5-2)15-18-16(20)12-9-11-7-6-8-13(21-3)14(11)22-17(12)19-15/h6-10,15H,4-5H2,1-3H3,(H,18,20). The highest BCUT2D eigenvalue weighted by atomic mass is 16.5. The van der Waals surface area contributed by atoms with Crippen LogP contribution in [0, 0.1) is 5.92 Å². The number of amides is 1. The second kappa shape index (κ2) is 5.83.